The minimum absolute atomic E-state index is 0.129. The van der Waals surface area contributed by atoms with Crippen molar-refractivity contribution in [1.29, 1.82) is 0 Å². The van der Waals surface area contributed by atoms with Gasteiger partial charge in [0.1, 0.15) is 5.76 Å². The number of carbonyl (C=O) groups is 2. The summed E-state index contributed by atoms with van der Waals surface area (Å²) in [6.45, 7) is 3.34. The first-order valence-electron chi connectivity index (χ1n) is 8.38. The number of aromatic nitrogens is 1. The predicted molar refractivity (Wildman–Crippen MR) is 106 cm³/mol. The molecule has 1 atom stereocenters. The van der Waals surface area contributed by atoms with Gasteiger partial charge in [0, 0.05) is 18.4 Å². The number of benzene rings is 1. The van der Waals surface area contributed by atoms with Crippen molar-refractivity contribution < 1.29 is 14.0 Å². The first kappa shape index (κ1) is 18.6. The number of para-hydroxylation sites is 1. The largest absolute Gasteiger partial charge is 0.467 e. The Balaban J connectivity index is 1.68. The highest BCUT2D eigenvalue weighted by Gasteiger charge is 2.17. The molecule has 2 aromatic heterocycles. The zero-order valence-electron chi connectivity index (χ0n) is 15.0. The van der Waals surface area contributed by atoms with Crippen molar-refractivity contribution in [3.05, 3.63) is 71.6 Å². The first-order chi connectivity index (χ1) is 13.0. The van der Waals surface area contributed by atoms with Crippen LogP contribution in [0, 0.1) is 0 Å². The molecule has 27 heavy (non-hydrogen) atoms. The van der Waals surface area contributed by atoms with Crippen LogP contribution in [0.4, 0.5) is 10.8 Å². The number of nitrogens with zero attached hydrogens (tertiary/aromatic N) is 2. The van der Waals surface area contributed by atoms with Crippen molar-refractivity contribution in [2.45, 2.75) is 19.9 Å². The monoisotopic (exact) mass is 381 g/mol. The number of anilines is 2. The van der Waals surface area contributed by atoms with E-state index < -0.39 is 0 Å². The van der Waals surface area contributed by atoms with E-state index in [2.05, 4.69) is 10.3 Å². The average Bonchev–Trinajstić information content (AvgIpc) is 3.33. The quantitative estimate of drug-likeness (QED) is 0.646. The summed E-state index contributed by atoms with van der Waals surface area (Å²) in [4.78, 5) is 30.1. The highest BCUT2D eigenvalue weighted by molar-refractivity contribution is 7.14. The number of furan rings is 1. The van der Waals surface area contributed by atoms with Crippen molar-refractivity contribution in [3.8, 4) is 0 Å². The van der Waals surface area contributed by atoms with Crippen molar-refractivity contribution in [2.24, 2.45) is 0 Å². The van der Waals surface area contributed by atoms with Crippen LogP contribution in [0.25, 0.3) is 6.08 Å². The third kappa shape index (κ3) is 4.71. The van der Waals surface area contributed by atoms with Crippen molar-refractivity contribution in [1.82, 2.24) is 10.3 Å². The second kappa shape index (κ2) is 8.46. The molecule has 0 radical (unpaired) electrons. The van der Waals surface area contributed by atoms with E-state index in [-0.39, 0.29) is 17.9 Å². The van der Waals surface area contributed by atoms with Gasteiger partial charge in [-0.15, -0.1) is 11.3 Å². The Hall–Kier alpha value is -3.19. The average molecular weight is 381 g/mol. The fourth-order valence-corrected chi connectivity index (χ4v) is 3.35. The lowest BCUT2D eigenvalue weighted by Gasteiger charge is -2.17. The smallest absolute Gasteiger partial charge is 0.244 e. The van der Waals surface area contributed by atoms with E-state index in [0.29, 0.717) is 16.6 Å². The Kier molecular flexibility index (Phi) is 5.83. The second-order valence-electron chi connectivity index (χ2n) is 5.82. The summed E-state index contributed by atoms with van der Waals surface area (Å²) in [5, 5.41) is 5.17. The first-order valence-corrected chi connectivity index (χ1v) is 9.26. The summed E-state index contributed by atoms with van der Waals surface area (Å²) in [5.41, 5.74) is 1.36. The molecule has 138 valence electrons. The van der Waals surface area contributed by atoms with Gasteiger partial charge in [-0.05, 0) is 37.3 Å². The third-order valence-electron chi connectivity index (χ3n) is 3.76. The zero-order chi connectivity index (χ0) is 19.2. The molecule has 0 saturated carbocycles. The summed E-state index contributed by atoms with van der Waals surface area (Å²) in [5.74, 6) is 0.309. The Morgan fingerprint density at radius 1 is 1.22 bits per heavy atom. The Bertz CT molecular complexity index is 933. The van der Waals surface area contributed by atoms with Crippen LogP contribution in [-0.4, -0.2) is 16.8 Å². The van der Waals surface area contributed by atoms with Gasteiger partial charge in [0.05, 0.1) is 23.7 Å². The Morgan fingerprint density at radius 2 is 2.00 bits per heavy atom. The number of rotatable bonds is 6. The van der Waals surface area contributed by atoms with Crippen molar-refractivity contribution >= 4 is 40.0 Å². The normalized spacial score (nSPS) is 12.1. The minimum atomic E-state index is -0.250. The fourth-order valence-electron chi connectivity index (χ4n) is 2.49. The van der Waals surface area contributed by atoms with E-state index in [0.717, 1.165) is 5.69 Å². The maximum atomic E-state index is 12.1. The molecule has 3 rings (SSSR count). The lowest BCUT2D eigenvalue weighted by Crippen LogP contribution is -2.24. The van der Waals surface area contributed by atoms with Gasteiger partial charge < -0.3 is 9.73 Å². The van der Waals surface area contributed by atoms with Gasteiger partial charge in [0.2, 0.25) is 11.8 Å². The lowest BCUT2D eigenvalue weighted by atomic mass is 10.2. The minimum Gasteiger partial charge on any atom is -0.467 e. The summed E-state index contributed by atoms with van der Waals surface area (Å²) < 4.78 is 5.27. The second-order valence-corrected chi connectivity index (χ2v) is 6.66. The lowest BCUT2D eigenvalue weighted by molar-refractivity contribution is -0.117. The molecule has 7 heteroatoms. The molecule has 0 bridgehead atoms. The van der Waals surface area contributed by atoms with E-state index in [1.54, 1.807) is 34.8 Å². The Morgan fingerprint density at radius 3 is 2.67 bits per heavy atom. The van der Waals surface area contributed by atoms with Gasteiger partial charge in [0.25, 0.3) is 0 Å². The van der Waals surface area contributed by atoms with Crippen LogP contribution in [0.5, 0.6) is 0 Å². The summed E-state index contributed by atoms with van der Waals surface area (Å²) in [6.07, 6.45) is 4.60. The number of hydrogen-bond donors (Lipinski definition) is 1. The number of nitrogens with one attached hydrogen (secondary N) is 1. The van der Waals surface area contributed by atoms with Crippen LogP contribution >= 0.6 is 11.3 Å². The van der Waals surface area contributed by atoms with Crippen LogP contribution < -0.4 is 10.2 Å². The highest BCUT2D eigenvalue weighted by Crippen LogP contribution is 2.29. The van der Waals surface area contributed by atoms with E-state index in [9.17, 15) is 9.59 Å². The van der Waals surface area contributed by atoms with Gasteiger partial charge in [-0.2, -0.15) is 0 Å². The number of amides is 2. The molecule has 0 fully saturated rings. The van der Waals surface area contributed by atoms with E-state index in [4.69, 9.17) is 4.42 Å². The fraction of sp³-hybridized carbons (Fsp3) is 0.150. The zero-order valence-corrected chi connectivity index (χ0v) is 15.8. The summed E-state index contributed by atoms with van der Waals surface area (Å²) in [6, 6.07) is 12.7. The SMILES string of the molecule is CC(=O)N(c1ccccc1)c1nc(/C=C/C(=O)N[C@H](C)c2ccco2)cs1. The molecule has 3 aromatic rings. The number of hydrogen-bond acceptors (Lipinski definition) is 5. The van der Waals surface area contributed by atoms with E-state index in [1.807, 2.05) is 37.3 Å². The third-order valence-corrected chi connectivity index (χ3v) is 4.61. The maximum absolute atomic E-state index is 12.1. The molecule has 2 heterocycles. The van der Waals surface area contributed by atoms with Crippen molar-refractivity contribution in [2.75, 3.05) is 4.90 Å². The standard InChI is InChI=1S/C20H19N3O3S/c1-14(18-9-6-12-26-18)21-19(25)11-10-16-13-27-20(22-16)23(15(2)24)17-7-4-3-5-8-17/h3-14H,1-2H3,(H,21,25)/b11-10+/t14-/m1/s1. The topological polar surface area (TPSA) is 75.4 Å². The molecule has 0 spiro atoms. The molecule has 0 unspecified atom stereocenters. The van der Waals surface area contributed by atoms with Crippen LogP contribution in [0.15, 0.2) is 64.6 Å². The van der Waals surface area contributed by atoms with Crippen molar-refractivity contribution in [3.63, 3.8) is 0 Å². The molecular weight excluding hydrogens is 362 g/mol. The molecule has 6 nitrogen and oxygen atoms in total. The van der Waals surface area contributed by atoms with Crippen LogP contribution in [0.1, 0.15) is 31.3 Å². The number of carbonyl (C=O) groups excluding carboxylic acids is 2. The summed E-state index contributed by atoms with van der Waals surface area (Å²) in [7, 11) is 0. The van der Waals surface area contributed by atoms with Gasteiger partial charge in [-0.1, -0.05) is 18.2 Å². The van der Waals surface area contributed by atoms with Gasteiger partial charge in [-0.25, -0.2) is 4.98 Å². The molecule has 0 aliphatic heterocycles. The number of thiazole rings is 1. The Labute approximate surface area is 161 Å². The van der Waals surface area contributed by atoms with Gasteiger partial charge >= 0.3 is 0 Å². The molecule has 0 saturated heterocycles. The maximum Gasteiger partial charge on any atom is 0.244 e. The molecule has 1 aromatic carbocycles. The van der Waals surface area contributed by atoms with Gasteiger partial charge in [-0.3, -0.25) is 14.5 Å². The highest BCUT2D eigenvalue weighted by atomic mass is 32.1. The predicted octanol–water partition coefficient (Wildman–Crippen LogP) is 4.31. The molecule has 0 aliphatic carbocycles. The van der Waals surface area contributed by atoms with Gasteiger partial charge in [0.15, 0.2) is 5.13 Å². The molecule has 1 N–H and O–H groups in total. The van der Waals surface area contributed by atoms with Crippen LogP contribution in [0.3, 0.4) is 0 Å². The molecule has 2 amide bonds. The molecule has 0 aliphatic rings. The van der Waals surface area contributed by atoms with Crippen LogP contribution in [0.2, 0.25) is 0 Å². The van der Waals surface area contributed by atoms with Crippen LogP contribution in [-0.2, 0) is 9.59 Å². The van der Waals surface area contributed by atoms with E-state index in [1.165, 1.54) is 24.3 Å². The van der Waals surface area contributed by atoms with E-state index >= 15 is 0 Å². The summed E-state index contributed by atoms with van der Waals surface area (Å²) >= 11 is 1.34. The molecular formula is C20H19N3O3S.